The molecule has 0 spiro atoms. The zero-order valence-electron chi connectivity index (χ0n) is 23.2. The summed E-state index contributed by atoms with van der Waals surface area (Å²) in [5, 5.41) is 8.89. The summed E-state index contributed by atoms with van der Waals surface area (Å²) >= 11 is 0. The molecule has 1 aliphatic rings. The van der Waals surface area contributed by atoms with Crippen LogP contribution in [0.3, 0.4) is 0 Å². The summed E-state index contributed by atoms with van der Waals surface area (Å²) in [5.74, 6) is -0.529. The molecule has 0 radical (unpaired) electrons. The number of unbranched alkanes of at least 4 members (excludes halogenated alkanes) is 3. The molecule has 0 bridgehead atoms. The summed E-state index contributed by atoms with van der Waals surface area (Å²) in [6.45, 7) is 12.7. The highest BCUT2D eigenvalue weighted by molar-refractivity contribution is 6.74. The van der Waals surface area contributed by atoms with Crippen LogP contribution in [0.1, 0.15) is 76.8 Å². The lowest BCUT2D eigenvalue weighted by atomic mass is 10.0. The number of nitrogens with zero attached hydrogens (tertiary/aromatic N) is 1. The molecule has 7 heteroatoms. The van der Waals surface area contributed by atoms with Crippen molar-refractivity contribution in [1.82, 2.24) is 4.90 Å². The number of carboxylic acid groups (broad SMARTS) is 1. The first-order chi connectivity index (χ1) is 16.9. The monoisotopic (exact) mass is 517 g/mol. The van der Waals surface area contributed by atoms with Crippen LogP contribution in [0.5, 0.6) is 0 Å². The number of hydrogen-bond donors (Lipinski definition) is 1. The standard InChI is InChI=1S/C29H47NO5Si/c1-29(2,3)36(5,6)35-26(21-23-12-11-13-24(20-23)22-34-4)17-15-25-16-18-27(31)30(25)19-10-8-7-9-14-28(32)33/h11-13,15,17,20,25-26H,7-10,14,16,18-19,21-22H2,1-6H3,(H,32,33)/b17-15+/t25-,26+/m0/s1. The molecule has 0 aromatic heterocycles. The molecular formula is C29H47NO5Si. The lowest BCUT2D eigenvalue weighted by Crippen LogP contribution is -2.44. The molecule has 0 unspecified atom stereocenters. The predicted octanol–water partition coefficient (Wildman–Crippen LogP) is 6.35. The van der Waals surface area contributed by atoms with Crippen molar-refractivity contribution in [1.29, 1.82) is 0 Å². The third-order valence-corrected chi connectivity index (χ3v) is 12.0. The highest BCUT2D eigenvalue weighted by atomic mass is 28.4. The van der Waals surface area contributed by atoms with Crippen LogP contribution in [-0.4, -0.2) is 56.0 Å². The van der Waals surface area contributed by atoms with Gasteiger partial charge in [-0.15, -0.1) is 0 Å². The maximum Gasteiger partial charge on any atom is 0.303 e. The minimum absolute atomic E-state index is 0.0581. The van der Waals surface area contributed by atoms with E-state index in [9.17, 15) is 9.59 Å². The van der Waals surface area contributed by atoms with E-state index in [0.29, 0.717) is 19.4 Å². The van der Waals surface area contributed by atoms with Crippen LogP contribution in [0.4, 0.5) is 0 Å². The van der Waals surface area contributed by atoms with Gasteiger partial charge in [-0.1, -0.05) is 70.0 Å². The zero-order chi connectivity index (χ0) is 26.8. The Labute approximate surface area is 219 Å². The van der Waals surface area contributed by atoms with Gasteiger partial charge in [0.25, 0.3) is 0 Å². The largest absolute Gasteiger partial charge is 0.481 e. The minimum Gasteiger partial charge on any atom is -0.481 e. The lowest BCUT2D eigenvalue weighted by Gasteiger charge is -2.39. The number of ether oxygens (including phenoxy) is 1. The van der Waals surface area contributed by atoms with Gasteiger partial charge in [0.15, 0.2) is 8.32 Å². The Balaban J connectivity index is 2.09. The summed E-state index contributed by atoms with van der Waals surface area (Å²) < 4.78 is 12.2. The van der Waals surface area contributed by atoms with E-state index >= 15 is 0 Å². The van der Waals surface area contributed by atoms with Crippen molar-refractivity contribution < 1.29 is 23.9 Å². The Morgan fingerprint density at radius 2 is 1.89 bits per heavy atom. The second-order valence-electron chi connectivity index (χ2n) is 11.5. The van der Waals surface area contributed by atoms with Gasteiger partial charge in [0.05, 0.1) is 18.8 Å². The van der Waals surface area contributed by atoms with Crippen LogP contribution >= 0.6 is 0 Å². The van der Waals surface area contributed by atoms with Crippen molar-refractivity contribution in [2.75, 3.05) is 13.7 Å². The van der Waals surface area contributed by atoms with E-state index in [1.54, 1.807) is 7.11 Å². The molecule has 1 aliphatic heterocycles. The van der Waals surface area contributed by atoms with Crippen molar-refractivity contribution in [3.63, 3.8) is 0 Å². The minimum atomic E-state index is -2.00. The summed E-state index contributed by atoms with van der Waals surface area (Å²) in [7, 11) is -0.286. The van der Waals surface area contributed by atoms with Gasteiger partial charge in [0.1, 0.15) is 0 Å². The molecule has 202 valence electrons. The number of hydrogen-bond acceptors (Lipinski definition) is 4. The third-order valence-electron chi connectivity index (χ3n) is 7.45. The normalized spacial score (nSPS) is 17.8. The van der Waals surface area contributed by atoms with Crippen LogP contribution in [0.15, 0.2) is 36.4 Å². The lowest BCUT2D eigenvalue weighted by molar-refractivity contribution is -0.137. The van der Waals surface area contributed by atoms with Crippen molar-refractivity contribution >= 4 is 20.2 Å². The van der Waals surface area contributed by atoms with E-state index in [2.05, 4.69) is 70.3 Å². The molecule has 0 saturated carbocycles. The summed E-state index contributed by atoms with van der Waals surface area (Å²) in [4.78, 5) is 25.2. The van der Waals surface area contributed by atoms with Crippen molar-refractivity contribution in [3.8, 4) is 0 Å². The van der Waals surface area contributed by atoms with E-state index in [4.69, 9.17) is 14.3 Å². The molecule has 1 fully saturated rings. The SMILES string of the molecule is COCc1cccc(C[C@@H](/C=C/[C@H]2CCC(=O)N2CCCCCCC(=O)O)O[Si](C)(C)C(C)(C)C)c1. The quantitative estimate of drug-likeness (QED) is 0.167. The smallest absolute Gasteiger partial charge is 0.303 e. The van der Waals surface area contributed by atoms with Crippen LogP contribution in [0, 0.1) is 0 Å². The highest BCUT2D eigenvalue weighted by Gasteiger charge is 2.39. The predicted molar refractivity (Wildman–Crippen MR) is 148 cm³/mol. The molecule has 1 heterocycles. The van der Waals surface area contributed by atoms with Gasteiger partial charge < -0.3 is 19.2 Å². The number of carbonyl (C=O) groups is 2. The topological polar surface area (TPSA) is 76.1 Å². The van der Waals surface area contributed by atoms with Gasteiger partial charge in [-0.05, 0) is 48.5 Å². The Morgan fingerprint density at radius 1 is 1.19 bits per heavy atom. The number of aliphatic carboxylic acids is 1. The van der Waals surface area contributed by atoms with Gasteiger partial charge >= 0.3 is 5.97 Å². The number of carbonyl (C=O) groups excluding carboxylic acids is 1. The van der Waals surface area contributed by atoms with Crippen molar-refractivity contribution in [3.05, 3.63) is 47.5 Å². The Bertz CT molecular complexity index is 877. The molecule has 6 nitrogen and oxygen atoms in total. The van der Waals surface area contributed by atoms with Crippen LogP contribution in [0.25, 0.3) is 0 Å². The van der Waals surface area contributed by atoms with Crippen molar-refractivity contribution in [2.24, 2.45) is 0 Å². The number of amides is 1. The molecule has 2 rings (SSSR count). The van der Waals surface area contributed by atoms with E-state index in [-0.39, 0.29) is 29.5 Å². The number of benzene rings is 1. The van der Waals surface area contributed by atoms with Crippen LogP contribution in [-0.2, 0) is 31.8 Å². The first-order valence-electron chi connectivity index (χ1n) is 13.4. The Kier molecular flexibility index (Phi) is 11.9. The van der Waals surface area contributed by atoms with Crippen LogP contribution < -0.4 is 0 Å². The van der Waals surface area contributed by atoms with E-state index < -0.39 is 14.3 Å². The summed E-state index contributed by atoms with van der Waals surface area (Å²) in [6, 6.07) is 8.59. The number of likely N-dealkylation sites (tertiary alicyclic amines) is 1. The third kappa shape index (κ3) is 9.83. The van der Waals surface area contributed by atoms with Crippen molar-refractivity contribution in [2.45, 2.75) is 109 Å². The molecule has 36 heavy (non-hydrogen) atoms. The fourth-order valence-corrected chi connectivity index (χ4v) is 5.63. The van der Waals surface area contributed by atoms with Gasteiger partial charge in [-0.2, -0.15) is 0 Å². The summed E-state index contributed by atoms with van der Waals surface area (Å²) in [5.41, 5.74) is 2.37. The van der Waals surface area contributed by atoms with E-state index in [1.807, 2.05) is 4.90 Å². The van der Waals surface area contributed by atoms with Gasteiger partial charge in [-0.3, -0.25) is 9.59 Å². The van der Waals surface area contributed by atoms with E-state index in [0.717, 1.165) is 44.2 Å². The number of rotatable bonds is 15. The van der Waals surface area contributed by atoms with Gasteiger partial charge in [-0.25, -0.2) is 0 Å². The Morgan fingerprint density at radius 3 is 2.56 bits per heavy atom. The molecule has 0 aliphatic carbocycles. The number of carboxylic acids is 1. The first-order valence-corrected chi connectivity index (χ1v) is 16.3. The summed E-state index contributed by atoms with van der Waals surface area (Å²) in [6.07, 6.45) is 10.2. The van der Waals surface area contributed by atoms with Crippen LogP contribution in [0.2, 0.25) is 18.1 Å². The fourth-order valence-electron chi connectivity index (χ4n) is 4.36. The second-order valence-corrected chi connectivity index (χ2v) is 16.3. The van der Waals surface area contributed by atoms with E-state index in [1.165, 1.54) is 5.56 Å². The Hall–Kier alpha value is -1.96. The molecule has 1 N–H and O–H groups in total. The molecule has 1 aromatic carbocycles. The zero-order valence-corrected chi connectivity index (χ0v) is 24.2. The maximum atomic E-state index is 12.6. The average Bonchev–Trinajstić information content (AvgIpc) is 3.13. The molecule has 1 aromatic rings. The molecule has 1 saturated heterocycles. The van der Waals surface area contributed by atoms with Gasteiger partial charge in [0.2, 0.25) is 5.91 Å². The maximum absolute atomic E-state index is 12.6. The highest BCUT2D eigenvalue weighted by Crippen LogP contribution is 2.38. The molecular weight excluding hydrogens is 470 g/mol. The second kappa shape index (κ2) is 14.1. The average molecular weight is 518 g/mol. The molecule has 2 atom stereocenters. The van der Waals surface area contributed by atoms with Gasteiger partial charge in [0, 0.05) is 32.9 Å². The number of methoxy groups -OCH3 is 1. The first kappa shape index (κ1) is 30.3. The fraction of sp³-hybridized carbons (Fsp3) is 0.655. The molecule has 1 amide bonds.